The Labute approximate surface area is 134 Å². The highest BCUT2D eigenvalue weighted by atomic mass is 19.4. The lowest BCUT2D eigenvalue weighted by Crippen LogP contribution is -2.48. The Morgan fingerprint density at radius 1 is 1.13 bits per heavy atom. The molecule has 2 heterocycles. The van der Waals surface area contributed by atoms with Crippen LogP contribution in [0.25, 0.3) is 0 Å². The number of rotatable bonds is 4. The van der Waals surface area contributed by atoms with Gasteiger partial charge in [0.15, 0.2) is 0 Å². The van der Waals surface area contributed by atoms with E-state index in [1.165, 1.54) is 0 Å². The Morgan fingerprint density at radius 2 is 1.87 bits per heavy atom. The minimum atomic E-state index is -4.15. The summed E-state index contributed by atoms with van der Waals surface area (Å²) < 4.78 is 36.9. The third kappa shape index (κ3) is 5.09. The van der Waals surface area contributed by atoms with E-state index in [1.807, 2.05) is 0 Å². The van der Waals surface area contributed by atoms with Gasteiger partial charge in [0.05, 0.1) is 6.42 Å². The van der Waals surface area contributed by atoms with Crippen LogP contribution in [0.15, 0.2) is 0 Å². The molecule has 2 aliphatic heterocycles. The topological polar surface area (TPSA) is 43.9 Å². The van der Waals surface area contributed by atoms with Crippen molar-refractivity contribution < 1.29 is 22.8 Å². The molecule has 0 N–H and O–H groups in total. The zero-order valence-corrected chi connectivity index (χ0v) is 13.4. The lowest BCUT2D eigenvalue weighted by atomic mass is 10.2. The Kier molecular flexibility index (Phi) is 5.89. The number of likely N-dealkylation sites (tertiary alicyclic amines) is 1. The molecule has 0 aliphatic carbocycles. The van der Waals surface area contributed by atoms with Gasteiger partial charge in [-0.15, -0.1) is 0 Å². The zero-order chi connectivity index (χ0) is 17.0. The second kappa shape index (κ2) is 7.51. The van der Waals surface area contributed by atoms with Crippen LogP contribution in [-0.4, -0.2) is 78.0 Å². The van der Waals surface area contributed by atoms with E-state index in [2.05, 4.69) is 0 Å². The van der Waals surface area contributed by atoms with Gasteiger partial charge < -0.3 is 14.7 Å². The van der Waals surface area contributed by atoms with Crippen LogP contribution in [0.2, 0.25) is 0 Å². The van der Waals surface area contributed by atoms with E-state index >= 15 is 0 Å². The molecule has 2 rings (SSSR count). The maximum Gasteiger partial charge on any atom is 0.390 e. The molecule has 0 aromatic rings. The summed E-state index contributed by atoms with van der Waals surface area (Å²) >= 11 is 0. The smallest absolute Gasteiger partial charge is 0.340 e. The Hall–Kier alpha value is -1.31. The summed E-state index contributed by atoms with van der Waals surface area (Å²) in [6, 6.07) is -0.480. The van der Waals surface area contributed by atoms with Crippen LogP contribution >= 0.6 is 0 Å². The van der Waals surface area contributed by atoms with Crippen LogP contribution in [0.1, 0.15) is 32.6 Å². The fourth-order valence-electron chi connectivity index (χ4n) is 3.18. The number of carbonyl (C=O) groups excluding carboxylic acids is 2. The predicted octanol–water partition coefficient (Wildman–Crippen LogP) is 1.48. The highest BCUT2D eigenvalue weighted by Gasteiger charge is 2.33. The molecule has 1 unspecified atom stereocenters. The van der Waals surface area contributed by atoms with Crippen molar-refractivity contribution in [2.24, 2.45) is 0 Å². The van der Waals surface area contributed by atoms with E-state index in [1.54, 1.807) is 21.6 Å². The molecule has 0 aromatic carbocycles. The lowest BCUT2D eigenvalue weighted by Gasteiger charge is -2.29. The fraction of sp³-hybridized carbons (Fsp3) is 0.867. The van der Waals surface area contributed by atoms with Crippen molar-refractivity contribution in [2.75, 3.05) is 39.3 Å². The maximum absolute atomic E-state index is 12.5. The Bertz CT molecular complexity index is 442. The first kappa shape index (κ1) is 18.0. The highest BCUT2D eigenvalue weighted by molar-refractivity contribution is 5.88. The number of halogens is 3. The summed E-state index contributed by atoms with van der Waals surface area (Å²) in [5.41, 5.74) is 0. The number of alkyl halides is 3. The van der Waals surface area contributed by atoms with Crippen molar-refractivity contribution in [1.82, 2.24) is 14.7 Å². The molecule has 2 aliphatic rings. The van der Waals surface area contributed by atoms with Crippen LogP contribution in [0.4, 0.5) is 13.2 Å². The number of nitrogens with zero attached hydrogens (tertiary/aromatic N) is 3. The van der Waals surface area contributed by atoms with Crippen molar-refractivity contribution in [3.8, 4) is 0 Å². The van der Waals surface area contributed by atoms with Crippen molar-refractivity contribution in [2.45, 2.75) is 44.8 Å². The molecule has 1 atom stereocenters. The van der Waals surface area contributed by atoms with E-state index in [4.69, 9.17) is 0 Å². The zero-order valence-electron chi connectivity index (χ0n) is 13.4. The van der Waals surface area contributed by atoms with Gasteiger partial charge in [-0.2, -0.15) is 13.2 Å². The van der Waals surface area contributed by atoms with Crippen LogP contribution in [0.5, 0.6) is 0 Å². The van der Waals surface area contributed by atoms with E-state index < -0.39 is 18.6 Å². The fourth-order valence-corrected chi connectivity index (χ4v) is 3.18. The van der Waals surface area contributed by atoms with Gasteiger partial charge in [0.25, 0.3) is 0 Å². The minimum absolute atomic E-state index is 0.00692. The molecule has 5 nitrogen and oxygen atoms in total. The normalized spacial score (nSPS) is 22.3. The molecule has 2 fully saturated rings. The molecule has 2 saturated heterocycles. The average Bonchev–Trinajstić information content (AvgIpc) is 2.77. The van der Waals surface area contributed by atoms with E-state index in [0.717, 1.165) is 6.42 Å². The van der Waals surface area contributed by atoms with Gasteiger partial charge >= 0.3 is 6.18 Å². The third-order valence-corrected chi connectivity index (χ3v) is 4.55. The van der Waals surface area contributed by atoms with Crippen molar-refractivity contribution in [3.63, 3.8) is 0 Å². The van der Waals surface area contributed by atoms with Gasteiger partial charge in [-0.25, -0.2) is 0 Å². The molecule has 23 heavy (non-hydrogen) atoms. The third-order valence-electron chi connectivity index (χ3n) is 4.55. The van der Waals surface area contributed by atoms with Crippen LogP contribution in [0, 0.1) is 0 Å². The number of carbonyl (C=O) groups is 2. The quantitative estimate of drug-likeness (QED) is 0.782. The molecule has 8 heteroatoms. The largest absolute Gasteiger partial charge is 0.390 e. The van der Waals surface area contributed by atoms with Gasteiger partial charge in [-0.1, -0.05) is 0 Å². The van der Waals surface area contributed by atoms with Crippen LogP contribution < -0.4 is 0 Å². The van der Waals surface area contributed by atoms with Crippen LogP contribution in [-0.2, 0) is 9.59 Å². The SMILES string of the molecule is CC(C(=O)N1CCCN(CCC(F)(F)F)CC1)N1CCCC1=O. The first-order valence-corrected chi connectivity index (χ1v) is 8.15. The Balaban J connectivity index is 1.84. The minimum Gasteiger partial charge on any atom is -0.340 e. The summed E-state index contributed by atoms with van der Waals surface area (Å²) in [5.74, 6) is -0.0922. The number of amides is 2. The molecule has 0 saturated carbocycles. The summed E-state index contributed by atoms with van der Waals surface area (Å²) in [4.78, 5) is 29.3. The van der Waals surface area contributed by atoms with E-state index in [-0.39, 0.29) is 18.4 Å². The molecule has 0 radical (unpaired) electrons. The molecule has 2 amide bonds. The number of hydrogen-bond donors (Lipinski definition) is 0. The highest BCUT2D eigenvalue weighted by Crippen LogP contribution is 2.20. The Morgan fingerprint density at radius 3 is 2.48 bits per heavy atom. The predicted molar refractivity (Wildman–Crippen MR) is 78.7 cm³/mol. The summed E-state index contributed by atoms with van der Waals surface area (Å²) in [6.45, 7) is 4.29. The lowest BCUT2D eigenvalue weighted by molar-refractivity contribution is -0.143. The van der Waals surface area contributed by atoms with Crippen molar-refractivity contribution in [3.05, 3.63) is 0 Å². The van der Waals surface area contributed by atoms with Gasteiger partial charge in [-0.05, 0) is 26.3 Å². The summed E-state index contributed by atoms with van der Waals surface area (Å²) in [5, 5.41) is 0. The van der Waals surface area contributed by atoms with E-state index in [9.17, 15) is 22.8 Å². The van der Waals surface area contributed by atoms with E-state index in [0.29, 0.717) is 45.6 Å². The average molecular weight is 335 g/mol. The molecule has 132 valence electrons. The summed E-state index contributed by atoms with van der Waals surface area (Å²) in [6.07, 6.45) is -3.04. The molecular formula is C15H24F3N3O2. The van der Waals surface area contributed by atoms with Crippen LogP contribution in [0.3, 0.4) is 0 Å². The van der Waals surface area contributed by atoms with Crippen molar-refractivity contribution >= 4 is 11.8 Å². The maximum atomic E-state index is 12.5. The molecule has 0 bridgehead atoms. The molecule has 0 spiro atoms. The second-order valence-electron chi connectivity index (χ2n) is 6.25. The van der Waals surface area contributed by atoms with Gasteiger partial charge in [0, 0.05) is 39.1 Å². The first-order chi connectivity index (χ1) is 10.8. The number of hydrogen-bond acceptors (Lipinski definition) is 3. The monoisotopic (exact) mass is 335 g/mol. The molecule has 0 aromatic heterocycles. The second-order valence-corrected chi connectivity index (χ2v) is 6.25. The van der Waals surface area contributed by atoms with Crippen molar-refractivity contribution in [1.29, 1.82) is 0 Å². The van der Waals surface area contributed by atoms with Gasteiger partial charge in [-0.3, -0.25) is 9.59 Å². The standard InChI is InChI=1S/C15H24F3N3O2/c1-12(21-8-2-4-13(21)22)14(23)20-7-3-6-19(10-11-20)9-5-15(16,17)18/h12H,2-11H2,1H3. The molecular weight excluding hydrogens is 311 g/mol. The van der Waals surface area contributed by atoms with Gasteiger partial charge in [0.1, 0.15) is 6.04 Å². The summed E-state index contributed by atoms with van der Waals surface area (Å²) in [7, 11) is 0. The van der Waals surface area contributed by atoms with Gasteiger partial charge in [0.2, 0.25) is 11.8 Å². The first-order valence-electron chi connectivity index (χ1n) is 8.15.